The smallest absolute Gasteiger partial charge is 0.318 e. The average Bonchev–Trinajstić information content (AvgIpc) is 3.11. The van der Waals surface area contributed by atoms with Gasteiger partial charge in [0, 0.05) is 0 Å². The highest BCUT2D eigenvalue weighted by Gasteiger charge is 2.23. The third-order valence-electron chi connectivity index (χ3n) is 4.37. The van der Waals surface area contributed by atoms with E-state index in [2.05, 4.69) is 10.2 Å². The van der Waals surface area contributed by atoms with Crippen molar-refractivity contribution in [2.45, 2.75) is 36.3 Å². The van der Waals surface area contributed by atoms with Crippen molar-refractivity contribution < 1.29 is 9.53 Å². The molecule has 2 atom stereocenters. The molecule has 0 saturated heterocycles. The van der Waals surface area contributed by atoms with E-state index in [-0.39, 0.29) is 17.3 Å². The van der Waals surface area contributed by atoms with E-state index in [4.69, 9.17) is 10.5 Å². The first-order chi connectivity index (χ1) is 13.6. The third kappa shape index (κ3) is 4.99. The van der Waals surface area contributed by atoms with Gasteiger partial charge in [0.2, 0.25) is 0 Å². The molecule has 1 heterocycles. The summed E-state index contributed by atoms with van der Waals surface area (Å²) >= 11 is 1.33. The van der Waals surface area contributed by atoms with Gasteiger partial charge in [0.1, 0.15) is 5.25 Å². The second kappa shape index (κ2) is 9.52. The van der Waals surface area contributed by atoms with Crippen molar-refractivity contribution in [2.24, 2.45) is 5.73 Å². The number of rotatable bonds is 8. The minimum atomic E-state index is -0.387. The Bertz CT molecular complexity index is 899. The fraction of sp³-hybridized carbons (Fsp3) is 0.286. The largest absolute Gasteiger partial charge is 0.468 e. The first-order valence-corrected chi connectivity index (χ1v) is 9.97. The van der Waals surface area contributed by atoms with Gasteiger partial charge in [-0.2, -0.15) is 0 Å². The Morgan fingerprint density at radius 1 is 1.07 bits per heavy atom. The summed E-state index contributed by atoms with van der Waals surface area (Å²) in [6.45, 7) is 2.38. The lowest BCUT2D eigenvalue weighted by Gasteiger charge is -2.16. The van der Waals surface area contributed by atoms with Crippen LogP contribution in [0.3, 0.4) is 0 Å². The Morgan fingerprint density at radius 2 is 1.68 bits per heavy atom. The number of nitrogens with zero attached hydrogens (tertiary/aromatic N) is 3. The molecular weight excluding hydrogens is 372 g/mol. The minimum absolute atomic E-state index is 0.297. The van der Waals surface area contributed by atoms with Crippen LogP contribution >= 0.6 is 11.8 Å². The summed E-state index contributed by atoms with van der Waals surface area (Å²) in [5.41, 5.74) is 8.74. The van der Waals surface area contributed by atoms with Gasteiger partial charge >= 0.3 is 5.97 Å². The molecule has 1 unspecified atom stereocenters. The zero-order chi connectivity index (χ0) is 19.9. The van der Waals surface area contributed by atoms with Gasteiger partial charge in [-0.05, 0) is 24.5 Å². The fourth-order valence-corrected chi connectivity index (χ4v) is 3.79. The van der Waals surface area contributed by atoms with Crippen molar-refractivity contribution in [1.29, 1.82) is 0 Å². The number of hydrogen-bond acceptors (Lipinski definition) is 6. The van der Waals surface area contributed by atoms with Crippen LogP contribution in [0.2, 0.25) is 0 Å². The molecule has 0 bridgehead atoms. The summed E-state index contributed by atoms with van der Waals surface area (Å²) < 4.78 is 6.83. The van der Waals surface area contributed by atoms with Crippen molar-refractivity contribution in [1.82, 2.24) is 14.8 Å². The highest BCUT2D eigenvalue weighted by Crippen LogP contribution is 2.26. The van der Waals surface area contributed by atoms with Gasteiger partial charge < -0.3 is 15.0 Å². The van der Waals surface area contributed by atoms with E-state index in [0.717, 1.165) is 11.1 Å². The molecule has 0 radical (unpaired) electrons. The Morgan fingerprint density at radius 3 is 2.29 bits per heavy atom. The van der Waals surface area contributed by atoms with Crippen LogP contribution in [0.5, 0.6) is 0 Å². The van der Waals surface area contributed by atoms with E-state index < -0.39 is 0 Å². The molecule has 2 aromatic carbocycles. The predicted molar refractivity (Wildman–Crippen MR) is 110 cm³/mol. The van der Waals surface area contributed by atoms with Crippen LogP contribution < -0.4 is 5.73 Å². The summed E-state index contributed by atoms with van der Waals surface area (Å²) in [6, 6.07) is 19.8. The van der Waals surface area contributed by atoms with Crippen LogP contribution in [0, 0.1) is 0 Å². The lowest BCUT2D eigenvalue weighted by molar-refractivity contribution is -0.139. The molecule has 0 aliphatic rings. The molecule has 146 valence electrons. The molecular formula is C21H24N4O2S. The highest BCUT2D eigenvalue weighted by atomic mass is 32.2. The minimum Gasteiger partial charge on any atom is -0.468 e. The summed E-state index contributed by atoms with van der Waals surface area (Å²) in [5, 5.41) is 8.95. The number of methoxy groups -OCH3 is 1. The van der Waals surface area contributed by atoms with Crippen LogP contribution in [-0.2, 0) is 22.5 Å². The predicted octanol–water partition coefficient (Wildman–Crippen LogP) is 3.22. The number of thioether (sulfide) groups is 1. The normalized spacial score (nSPS) is 13.1. The zero-order valence-electron chi connectivity index (χ0n) is 16.0. The van der Waals surface area contributed by atoms with Gasteiger partial charge in [-0.25, -0.2) is 0 Å². The van der Waals surface area contributed by atoms with E-state index in [1.54, 1.807) is 6.92 Å². The summed E-state index contributed by atoms with van der Waals surface area (Å²) in [6.07, 6.45) is 0.658. The van der Waals surface area contributed by atoms with Gasteiger partial charge in [0.15, 0.2) is 11.0 Å². The number of carbonyl (C=O) groups excluding carboxylic acids is 1. The van der Waals surface area contributed by atoms with Gasteiger partial charge in [0.05, 0.1) is 19.7 Å². The number of benzene rings is 2. The molecule has 2 N–H and O–H groups in total. The topological polar surface area (TPSA) is 83.0 Å². The van der Waals surface area contributed by atoms with Gasteiger partial charge in [-0.15, -0.1) is 10.2 Å². The Hall–Kier alpha value is -2.64. The van der Waals surface area contributed by atoms with Gasteiger partial charge in [0.25, 0.3) is 0 Å². The van der Waals surface area contributed by atoms with Crippen LogP contribution in [0.4, 0.5) is 0 Å². The van der Waals surface area contributed by atoms with E-state index in [1.165, 1.54) is 18.9 Å². The third-order valence-corrected chi connectivity index (χ3v) is 5.43. The molecule has 3 aromatic rings. The molecule has 0 aliphatic carbocycles. The Kier molecular flexibility index (Phi) is 6.84. The maximum atomic E-state index is 11.8. The zero-order valence-corrected chi connectivity index (χ0v) is 16.8. The quantitative estimate of drug-likeness (QED) is 0.465. The molecule has 3 rings (SSSR count). The summed E-state index contributed by atoms with van der Waals surface area (Å²) in [7, 11) is 1.38. The Labute approximate surface area is 169 Å². The van der Waals surface area contributed by atoms with Gasteiger partial charge in [-0.3, -0.25) is 4.79 Å². The molecule has 0 saturated carbocycles. The number of aromatic nitrogens is 3. The average molecular weight is 397 g/mol. The fourth-order valence-electron chi connectivity index (χ4n) is 2.91. The molecule has 1 aromatic heterocycles. The van der Waals surface area contributed by atoms with E-state index >= 15 is 0 Å². The molecule has 6 nitrogen and oxygen atoms in total. The van der Waals surface area contributed by atoms with Crippen LogP contribution in [0.15, 0.2) is 65.8 Å². The van der Waals surface area contributed by atoms with Gasteiger partial charge in [-0.1, -0.05) is 72.4 Å². The van der Waals surface area contributed by atoms with Crippen molar-refractivity contribution in [3.63, 3.8) is 0 Å². The lowest BCUT2D eigenvalue weighted by atomic mass is 10.1. The Balaban J connectivity index is 1.89. The van der Waals surface area contributed by atoms with Crippen molar-refractivity contribution in [2.75, 3.05) is 7.11 Å². The van der Waals surface area contributed by atoms with E-state index in [9.17, 15) is 4.79 Å². The maximum absolute atomic E-state index is 11.8. The van der Waals surface area contributed by atoms with Crippen LogP contribution in [0.1, 0.15) is 29.9 Å². The van der Waals surface area contributed by atoms with Crippen molar-refractivity contribution in [3.8, 4) is 0 Å². The maximum Gasteiger partial charge on any atom is 0.318 e. The molecule has 0 aliphatic heterocycles. The lowest BCUT2D eigenvalue weighted by Crippen LogP contribution is -2.21. The van der Waals surface area contributed by atoms with Crippen LogP contribution in [0.25, 0.3) is 0 Å². The first-order valence-electron chi connectivity index (χ1n) is 9.09. The monoisotopic (exact) mass is 396 g/mol. The molecule has 0 spiro atoms. The number of esters is 1. The molecule has 7 heteroatoms. The summed E-state index contributed by atoms with van der Waals surface area (Å²) in [4.78, 5) is 11.8. The number of carbonyl (C=O) groups is 1. The van der Waals surface area contributed by atoms with Crippen LogP contribution in [-0.4, -0.2) is 33.1 Å². The summed E-state index contributed by atoms with van der Waals surface area (Å²) in [5.74, 6) is 0.404. The number of nitrogens with two attached hydrogens (primary N) is 1. The number of ether oxygens (including phenoxy) is 1. The first kappa shape index (κ1) is 20.1. The van der Waals surface area contributed by atoms with Crippen molar-refractivity contribution in [3.05, 3.63) is 77.6 Å². The highest BCUT2D eigenvalue weighted by molar-refractivity contribution is 8.00. The molecule has 0 fully saturated rings. The standard InChI is InChI=1S/C21H24N4O2S/c1-15(20(26)27-2)28-21-24-23-19(18(22)13-16-9-5-3-6-10-16)25(21)14-17-11-7-4-8-12-17/h3-12,15,18H,13-14,22H2,1-2H3/t15?,18-/m0/s1. The van der Waals surface area contributed by atoms with E-state index in [0.29, 0.717) is 23.9 Å². The van der Waals surface area contributed by atoms with Crippen molar-refractivity contribution >= 4 is 17.7 Å². The van der Waals surface area contributed by atoms with E-state index in [1.807, 2.05) is 65.2 Å². The number of hydrogen-bond donors (Lipinski definition) is 1. The molecule has 0 amide bonds. The second-order valence-electron chi connectivity index (χ2n) is 6.49. The SMILES string of the molecule is COC(=O)C(C)Sc1nnc([C@@H](N)Cc2ccccc2)n1Cc1ccccc1. The molecule has 28 heavy (non-hydrogen) atoms. The second-order valence-corrected chi connectivity index (χ2v) is 7.80.